The fourth-order valence-electron chi connectivity index (χ4n) is 7.64. The largest absolute Gasteiger partial charge is 0.309 e. The Balaban J connectivity index is 1.03. The Kier molecular flexibility index (Phi) is 5.42. The second-order valence-electron chi connectivity index (χ2n) is 12.8. The molecule has 11 rings (SSSR count). The number of benzene rings is 6. The fourth-order valence-corrected chi connectivity index (χ4v) is 10.6. The summed E-state index contributed by atoms with van der Waals surface area (Å²) in [6, 6.07) is 36.0. The Labute approximate surface area is 309 Å². The Morgan fingerprint density at radius 3 is 2.10 bits per heavy atom. The summed E-state index contributed by atoms with van der Waals surface area (Å²) in [4.78, 5) is 15.8. The molecule has 0 N–H and O–H groups in total. The first-order chi connectivity index (χ1) is 27.4. The molecule has 0 radical (unpaired) electrons. The zero-order valence-electron chi connectivity index (χ0n) is 31.9. The van der Waals surface area contributed by atoms with Gasteiger partial charge >= 0.3 is 0 Å². The summed E-state index contributed by atoms with van der Waals surface area (Å²) in [6.45, 7) is 0. The molecule has 0 saturated carbocycles. The van der Waals surface area contributed by atoms with Crippen LogP contribution in [0.2, 0.25) is 0 Å². The number of hydrogen-bond acceptors (Lipinski definition) is 5. The van der Waals surface area contributed by atoms with E-state index in [2.05, 4.69) is 95.6 Å². The van der Waals surface area contributed by atoms with Gasteiger partial charge in [-0.25, -0.2) is 15.0 Å². The number of thiophene rings is 1. The van der Waals surface area contributed by atoms with Crippen LogP contribution in [0, 0.1) is 0 Å². The second-order valence-corrected chi connectivity index (χ2v) is 15.0. The molecule has 2 aliphatic rings. The number of fused-ring (bicyclic) bond motifs is 10. The summed E-state index contributed by atoms with van der Waals surface area (Å²) < 4.78 is 47.1. The third kappa shape index (κ3) is 4.50. The Morgan fingerprint density at radius 1 is 0.627 bits per heavy atom. The van der Waals surface area contributed by atoms with Gasteiger partial charge < -0.3 is 4.57 Å². The van der Waals surface area contributed by atoms with Crippen LogP contribution in [0.15, 0.2) is 163 Å². The smallest absolute Gasteiger partial charge is 0.164 e. The molecule has 240 valence electrons. The molecule has 6 aromatic carbocycles. The van der Waals surface area contributed by atoms with Crippen LogP contribution in [-0.4, -0.2) is 24.8 Å². The first kappa shape index (κ1) is 24.3. The second kappa shape index (κ2) is 11.4. The minimum absolute atomic E-state index is 0.0436. The average Bonchev–Trinajstić information content (AvgIpc) is 3.92. The summed E-state index contributed by atoms with van der Waals surface area (Å²) in [7, 11) is 0. The highest BCUT2D eigenvalue weighted by Crippen LogP contribution is 2.56. The van der Waals surface area contributed by atoms with Crippen molar-refractivity contribution in [3.05, 3.63) is 169 Å². The maximum Gasteiger partial charge on any atom is 0.164 e. The van der Waals surface area contributed by atoms with E-state index in [-0.39, 0.29) is 34.6 Å². The molecule has 2 atom stereocenters. The van der Waals surface area contributed by atoms with Crippen molar-refractivity contribution in [2.45, 2.75) is 16.1 Å². The van der Waals surface area contributed by atoms with E-state index >= 15 is 0 Å². The molecular formula is C45H28N4S2. The quantitative estimate of drug-likeness (QED) is 0.184. The zero-order valence-corrected chi connectivity index (χ0v) is 28.5. The van der Waals surface area contributed by atoms with Gasteiger partial charge in [0.05, 0.1) is 17.9 Å². The molecule has 2 unspecified atom stereocenters. The van der Waals surface area contributed by atoms with E-state index in [0.717, 1.165) is 16.8 Å². The third-order valence-corrected chi connectivity index (χ3v) is 12.7. The van der Waals surface area contributed by atoms with Crippen molar-refractivity contribution in [3.63, 3.8) is 0 Å². The maximum atomic E-state index is 8.71. The monoisotopic (exact) mass is 693 g/mol. The van der Waals surface area contributed by atoms with Crippen LogP contribution < -0.4 is 0 Å². The van der Waals surface area contributed by atoms with Crippen molar-refractivity contribution in [1.82, 2.24) is 19.5 Å². The van der Waals surface area contributed by atoms with Gasteiger partial charge in [-0.1, -0.05) is 133 Å². The topological polar surface area (TPSA) is 43.6 Å². The van der Waals surface area contributed by atoms with Gasteiger partial charge in [-0.3, -0.25) is 0 Å². The number of allylic oxidation sites excluding steroid dienone is 3. The summed E-state index contributed by atoms with van der Waals surface area (Å²) in [6.07, 6.45) is 6.33. The molecule has 0 spiro atoms. The van der Waals surface area contributed by atoms with Crippen molar-refractivity contribution >= 4 is 70.6 Å². The molecule has 3 aromatic heterocycles. The molecule has 51 heavy (non-hydrogen) atoms. The van der Waals surface area contributed by atoms with Crippen molar-refractivity contribution in [3.8, 4) is 28.5 Å². The molecule has 9 aromatic rings. The highest BCUT2D eigenvalue weighted by atomic mass is 32.2. The van der Waals surface area contributed by atoms with Crippen molar-refractivity contribution in [2.75, 3.05) is 0 Å². The number of aromatic nitrogens is 4. The Bertz CT molecular complexity index is 3120. The van der Waals surface area contributed by atoms with Gasteiger partial charge in [0.25, 0.3) is 0 Å². The number of rotatable bonds is 4. The third-order valence-electron chi connectivity index (χ3n) is 9.93. The molecule has 0 bridgehead atoms. The van der Waals surface area contributed by atoms with Crippen LogP contribution in [0.3, 0.4) is 0 Å². The van der Waals surface area contributed by atoms with Gasteiger partial charge in [0.2, 0.25) is 0 Å². The van der Waals surface area contributed by atoms with Crippen molar-refractivity contribution in [1.29, 1.82) is 0 Å². The number of thioether (sulfide) groups is 1. The highest BCUT2D eigenvalue weighted by Gasteiger charge is 2.38. The molecule has 0 fully saturated rings. The molecule has 6 heteroatoms. The first-order valence-electron chi connectivity index (χ1n) is 19.3. The van der Waals surface area contributed by atoms with E-state index in [1.807, 2.05) is 59.5 Å². The van der Waals surface area contributed by atoms with Crippen LogP contribution in [0.4, 0.5) is 0 Å². The van der Waals surface area contributed by atoms with Gasteiger partial charge in [-0.15, -0.1) is 23.1 Å². The molecule has 1 aliphatic heterocycles. The average molecular weight is 694 g/mol. The van der Waals surface area contributed by atoms with Crippen LogP contribution in [0.5, 0.6) is 0 Å². The summed E-state index contributed by atoms with van der Waals surface area (Å²) in [5.41, 5.74) is 6.35. The number of nitrogens with zero attached hydrogens (tertiary/aromatic N) is 4. The van der Waals surface area contributed by atoms with Crippen LogP contribution in [0.1, 0.15) is 24.2 Å². The minimum atomic E-state index is -0.458. The van der Waals surface area contributed by atoms with E-state index in [0.29, 0.717) is 11.6 Å². The zero-order chi connectivity index (χ0) is 37.8. The predicted octanol–water partition coefficient (Wildman–Crippen LogP) is 11.9. The lowest BCUT2D eigenvalue weighted by Gasteiger charge is -2.22. The Hall–Kier alpha value is -5.82. The van der Waals surface area contributed by atoms with Gasteiger partial charge in [0.15, 0.2) is 17.5 Å². The van der Waals surface area contributed by atoms with Crippen LogP contribution in [0.25, 0.3) is 76.0 Å². The number of hydrogen-bond donors (Lipinski definition) is 0. The van der Waals surface area contributed by atoms with E-state index < -0.39 is 18.1 Å². The molecule has 0 amide bonds. The number of para-hydroxylation sites is 2. The van der Waals surface area contributed by atoms with E-state index in [1.54, 1.807) is 0 Å². The van der Waals surface area contributed by atoms with Gasteiger partial charge in [-0.2, -0.15) is 0 Å². The van der Waals surface area contributed by atoms with Crippen molar-refractivity contribution in [2.24, 2.45) is 0 Å². The van der Waals surface area contributed by atoms with E-state index in [9.17, 15) is 0 Å². The van der Waals surface area contributed by atoms with Crippen molar-refractivity contribution < 1.29 is 6.85 Å². The molecule has 1 aliphatic carbocycles. The minimum Gasteiger partial charge on any atom is -0.309 e. The normalized spacial score (nSPS) is 18.0. The summed E-state index contributed by atoms with van der Waals surface area (Å²) >= 11 is 3.64. The van der Waals surface area contributed by atoms with Gasteiger partial charge in [-0.05, 0) is 29.8 Å². The van der Waals surface area contributed by atoms with E-state index in [4.69, 9.17) is 21.8 Å². The van der Waals surface area contributed by atoms with E-state index in [1.165, 1.54) is 52.4 Å². The molecular weight excluding hydrogens is 661 g/mol. The van der Waals surface area contributed by atoms with Gasteiger partial charge in [0.1, 0.15) is 0 Å². The van der Waals surface area contributed by atoms with Gasteiger partial charge in [0, 0.05) is 69.4 Å². The van der Waals surface area contributed by atoms with Crippen LogP contribution in [-0.2, 0) is 0 Å². The molecule has 4 nitrogen and oxygen atoms in total. The molecule has 4 heterocycles. The summed E-state index contributed by atoms with van der Waals surface area (Å²) in [5.74, 6) is 0.905. The lowest BCUT2D eigenvalue weighted by Crippen LogP contribution is -2.16. The maximum absolute atomic E-state index is 8.71. The predicted molar refractivity (Wildman–Crippen MR) is 214 cm³/mol. The lowest BCUT2D eigenvalue weighted by atomic mass is 9.87. The lowest BCUT2D eigenvalue weighted by molar-refractivity contribution is 0.880. The fraction of sp³-hybridized carbons (Fsp3) is 0.0444. The Morgan fingerprint density at radius 2 is 1.31 bits per heavy atom. The highest BCUT2D eigenvalue weighted by molar-refractivity contribution is 8.01. The molecule has 0 saturated heterocycles. The van der Waals surface area contributed by atoms with Crippen LogP contribution >= 0.6 is 23.1 Å². The first-order valence-corrected chi connectivity index (χ1v) is 18.5. The summed E-state index contributed by atoms with van der Waals surface area (Å²) in [5, 5.41) is 4.89. The SMILES string of the molecule is [2H]c1c([2H])c([2H])c(-c2nc(C3=CC=CC4c5ccc6c(sc7cc(-n8c9ccccc9c9ccccc98)ccc76)c5SC34)nc(-c3ccccc3)n2)c([2H])c1[2H]. The standard InChI is InChI=1S/C45H28N4S2/c1-3-12-27(13-4-1)43-46-44(28-14-5-2-6-15-28)48-45(47-43)36-19-11-18-33-35-25-24-34-32-23-22-29(26-39(32)50-41(34)42(35)51-40(33)36)49-37-20-9-7-16-30(37)31-17-8-10-21-38(31)49/h1-26,33,40H/i1D,3D,4D,12D,13D.